The Morgan fingerprint density at radius 3 is 2.04 bits per heavy atom. The fraction of sp³-hybridized carbons (Fsp3) is 0.0500. The van der Waals surface area contributed by atoms with Crippen LogP contribution in [0.3, 0.4) is 0 Å². The Kier molecular flexibility index (Phi) is 8.02. The zero-order chi connectivity index (χ0) is 31.5. The topological polar surface area (TPSA) is 66.4 Å². The van der Waals surface area contributed by atoms with E-state index in [2.05, 4.69) is 59.2 Å². The highest BCUT2D eigenvalue weighted by Gasteiger charge is 2.19. The van der Waals surface area contributed by atoms with Crippen molar-refractivity contribution in [3.63, 3.8) is 0 Å². The second-order valence-corrected chi connectivity index (χ2v) is 11.5. The van der Waals surface area contributed by atoms with Crippen LogP contribution in [0.4, 0.5) is 0 Å². The Morgan fingerprint density at radius 2 is 1.30 bits per heavy atom. The van der Waals surface area contributed by atoms with Gasteiger partial charge in [-0.1, -0.05) is 141 Å². The van der Waals surface area contributed by atoms with Crippen LogP contribution in [0.15, 0.2) is 150 Å². The zero-order valence-electron chi connectivity index (χ0n) is 25.6. The minimum Gasteiger partial charge on any atom is -0.297 e. The molecule has 0 atom stereocenters. The predicted molar refractivity (Wildman–Crippen MR) is 197 cm³/mol. The number of nitrogens with one attached hydrogen (secondary N) is 1. The van der Waals surface area contributed by atoms with E-state index in [1.807, 2.05) is 105 Å². The van der Waals surface area contributed by atoms with Crippen molar-refractivity contribution in [3.05, 3.63) is 151 Å². The minimum atomic E-state index is 0.158. The molecule has 46 heavy (non-hydrogen) atoms. The van der Waals surface area contributed by atoms with Gasteiger partial charge in [0.2, 0.25) is 0 Å². The molecular formula is C40H31N5S. The number of hydrogen-bond donors (Lipinski definition) is 1. The summed E-state index contributed by atoms with van der Waals surface area (Å²) in [4.78, 5) is 14.7. The standard InChI is InChI=1S/C38H25N5S.C2H6/c39-37(26-15-6-2-7-16-26)42-38(27-17-8-3-9-18-27)41-24-43-32-22-11-10-19-30(32)33-34(43)36-31(23-40-33)29-21-12-20-28(35(29)44-36)25-13-4-1-5-14-25;1-2/h1-24,39H;1-2H3. The van der Waals surface area contributed by atoms with E-state index in [4.69, 9.17) is 20.4 Å². The van der Waals surface area contributed by atoms with E-state index < -0.39 is 0 Å². The Balaban J connectivity index is 0.00000166. The van der Waals surface area contributed by atoms with Gasteiger partial charge in [-0.25, -0.2) is 9.98 Å². The van der Waals surface area contributed by atoms with Crippen molar-refractivity contribution >= 4 is 71.5 Å². The van der Waals surface area contributed by atoms with Crippen LogP contribution in [0.2, 0.25) is 0 Å². The first kappa shape index (κ1) is 29.0. The molecule has 0 saturated heterocycles. The molecule has 0 fully saturated rings. The highest BCUT2D eigenvalue weighted by atomic mass is 32.1. The Labute approximate surface area is 271 Å². The van der Waals surface area contributed by atoms with Crippen molar-refractivity contribution in [2.45, 2.75) is 13.8 Å². The molecule has 0 saturated carbocycles. The molecule has 6 heteroatoms. The van der Waals surface area contributed by atoms with Crippen LogP contribution in [-0.4, -0.2) is 27.6 Å². The number of fused-ring (bicyclic) bond motifs is 7. The largest absolute Gasteiger partial charge is 0.297 e. The van der Waals surface area contributed by atoms with Crippen molar-refractivity contribution in [1.29, 1.82) is 5.41 Å². The second-order valence-electron chi connectivity index (χ2n) is 10.5. The Bertz CT molecular complexity index is 2390. The Hall–Kier alpha value is -5.72. The molecule has 8 aromatic rings. The average Bonchev–Trinajstić information content (AvgIpc) is 3.68. The number of amidine groups is 2. The lowest BCUT2D eigenvalue weighted by Crippen LogP contribution is -2.06. The summed E-state index contributed by atoms with van der Waals surface area (Å²) in [6, 6.07) is 44.7. The average molecular weight is 614 g/mol. The number of benzene rings is 5. The molecule has 3 heterocycles. The summed E-state index contributed by atoms with van der Waals surface area (Å²) in [5.74, 6) is 0.624. The maximum atomic E-state index is 8.71. The summed E-state index contributed by atoms with van der Waals surface area (Å²) < 4.78 is 4.52. The van der Waals surface area contributed by atoms with Gasteiger partial charge in [0.05, 0.1) is 21.3 Å². The maximum absolute atomic E-state index is 8.71. The van der Waals surface area contributed by atoms with Gasteiger partial charge >= 0.3 is 0 Å². The van der Waals surface area contributed by atoms with Crippen LogP contribution in [0, 0.1) is 5.41 Å². The molecule has 0 bridgehead atoms. The van der Waals surface area contributed by atoms with Crippen molar-refractivity contribution in [2.75, 3.05) is 0 Å². The second kappa shape index (κ2) is 12.7. The fourth-order valence-corrected chi connectivity index (χ4v) is 7.12. The number of para-hydroxylation sites is 1. The molecule has 222 valence electrons. The summed E-state index contributed by atoms with van der Waals surface area (Å²) in [5.41, 5.74) is 6.94. The summed E-state index contributed by atoms with van der Waals surface area (Å²) in [6.07, 6.45) is 3.84. The molecule has 0 spiro atoms. The van der Waals surface area contributed by atoms with E-state index in [9.17, 15) is 0 Å². The van der Waals surface area contributed by atoms with Gasteiger partial charge in [-0.05, 0) is 17.2 Å². The number of pyridine rings is 1. The SMILES string of the molecule is CC.N=C(N=C(N=Cn1c2ccccc2c2ncc3c4cccc(-c5ccccc5)c4sc3c21)c1ccccc1)c1ccccc1. The minimum absolute atomic E-state index is 0.158. The smallest absolute Gasteiger partial charge is 0.163 e. The van der Waals surface area contributed by atoms with Crippen molar-refractivity contribution in [3.8, 4) is 11.1 Å². The molecule has 0 aliphatic carbocycles. The predicted octanol–water partition coefficient (Wildman–Crippen LogP) is 10.6. The molecule has 0 amide bonds. The van der Waals surface area contributed by atoms with E-state index >= 15 is 0 Å². The van der Waals surface area contributed by atoms with Gasteiger partial charge in [0.1, 0.15) is 6.34 Å². The van der Waals surface area contributed by atoms with Crippen LogP contribution < -0.4 is 0 Å². The number of aliphatic imine (C=N–C) groups is 2. The van der Waals surface area contributed by atoms with Crippen LogP contribution in [0.25, 0.3) is 53.2 Å². The quantitative estimate of drug-likeness (QED) is 0.156. The molecule has 0 unspecified atom stereocenters. The third-order valence-corrected chi connectivity index (χ3v) is 9.11. The molecule has 0 radical (unpaired) electrons. The summed E-state index contributed by atoms with van der Waals surface area (Å²) >= 11 is 1.79. The highest BCUT2D eigenvalue weighted by molar-refractivity contribution is 7.27. The number of hydrogen-bond acceptors (Lipinski definition) is 3. The number of thiophene rings is 1. The van der Waals surface area contributed by atoms with E-state index in [1.54, 1.807) is 11.3 Å². The molecular weight excluding hydrogens is 583 g/mol. The van der Waals surface area contributed by atoms with E-state index in [0.29, 0.717) is 5.84 Å². The van der Waals surface area contributed by atoms with Crippen molar-refractivity contribution < 1.29 is 0 Å². The van der Waals surface area contributed by atoms with Gasteiger partial charge in [-0.3, -0.25) is 15.0 Å². The van der Waals surface area contributed by atoms with E-state index in [0.717, 1.165) is 43.1 Å². The van der Waals surface area contributed by atoms with Crippen LogP contribution in [-0.2, 0) is 0 Å². The first-order chi connectivity index (χ1) is 22.8. The molecule has 5 nitrogen and oxygen atoms in total. The van der Waals surface area contributed by atoms with Gasteiger partial charge in [-0.2, -0.15) is 0 Å². The molecule has 8 rings (SSSR count). The molecule has 0 aliphatic heterocycles. The van der Waals surface area contributed by atoms with E-state index in [-0.39, 0.29) is 5.84 Å². The monoisotopic (exact) mass is 613 g/mol. The molecule has 0 aliphatic rings. The zero-order valence-corrected chi connectivity index (χ0v) is 26.4. The van der Waals surface area contributed by atoms with Gasteiger partial charge in [0, 0.05) is 38.2 Å². The van der Waals surface area contributed by atoms with Crippen LogP contribution >= 0.6 is 11.3 Å². The van der Waals surface area contributed by atoms with E-state index in [1.165, 1.54) is 21.2 Å². The first-order valence-electron chi connectivity index (χ1n) is 15.4. The van der Waals surface area contributed by atoms with Crippen LogP contribution in [0.1, 0.15) is 25.0 Å². The van der Waals surface area contributed by atoms with Gasteiger partial charge < -0.3 is 0 Å². The van der Waals surface area contributed by atoms with Crippen molar-refractivity contribution in [2.24, 2.45) is 9.98 Å². The number of rotatable bonds is 4. The normalized spacial score (nSPS) is 11.8. The number of nitrogens with zero attached hydrogens (tertiary/aromatic N) is 4. The summed E-state index contributed by atoms with van der Waals surface area (Å²) in [5, 5.41) is 12.1. The fourth-order valence-electron chi connectivity index (χ4n) is 5.76. The summed E-state index contributed by atoms with van der Waals surface area (Å²) in [6.45, 7) is 4.00. The molecule has 3 aromatic heterocycles. The van der Waals surface area contributed by atoms with Gasteiger partial charge in [0.15, 0.2) is 11.7 Å². The number of aromatic nitrogens is 2. The molecule has 5 aromatic carbocycles. The van der Waals surface area contributed by atoms with Crippen molar-refractivity contribution in [1.82, 2.24) is 9.55 Å². The molecule has 1 N–H and O–H groups in total. The lowest BCUT2D eigenvalue weighted by atomic mass is 10.0. The van der Waals surface area contributed by atoms with Gasteiger partial charge in [0.25, 0.3) is 0 Å². The third kappa shape index (κ3) is 5.19. The maximum Gasteiger partial charge on any atom is 0.163 e. The Morgan fingerprint density at radius 1 is 0.674 bits per heavy atom. The first-order valence-corrected chi connectivity index (χ1v) is 16.2. The van der Waals surface area contributed by atoms with Crippen LogP contribution in [0.5, 0.6) is 0 Å². The highest BCUT2D eigenvalue weighted by Crippen LogP contribution is 2.43. The van der Waals surface area contributed by atoms with Gasteiger partial charge in [-0.15, -0.1) is 11.3 Å². The lowest BCUT2D eigenvalue weighted by molar-refractivity contribution is 1.31. The summed E-state index contributed by atoms with van der Waals surface area (Å²) in [7, 11) is 0. The lowest BCUT2D eigenvalue weighted by Gasteiger charge is -2.05. The third-order valence-electron chi connectivity index (χ3n) is 7.85.